The predicted molar refractivity (Wildman–Crippen MR) is 66.3 cm³/mol. The Morgan fingerprint density at radius 2 is 1.71 bits per heavy atom. The lowest BCUT2D eigenvalue weighted by Crippen LogP contribution is -2.37. The number of rotatable bonds is 1. The maximum absolute atomic E-state index is 11.9. The molecule has 0 aliphatic heterocycles. The first-order valence-corrected chi connectivity index (χ1v) is 4.58. The number of hydrazine groups is 1. The number of hydrogen-bond acceptors (Lipinski definition) is 5. The van der Waals surface area contributed by atoms with Gasteiger partial charge < -0.3 is 4.57 Å². The van der Waals surface area contributed by atoms with E-state index < -0.39 is 11.2 Å². The van der Waals surface area contributed by atoms with Gasteiger partial charge in [0, 0.05) is 21.1 Å². The van der Waals surface area contributed by atoms with Crippen molar-refractivity contribution in [3.05, 3.63) is 20.8 Å². The topological polar surface area (TPSA) is 99.9 Å². The van der Waals surface area contributed by atoms with E-state index in [1.54, 1.807) is 14.1 Å². The van der Waals surface area contributed by atoms with E-state index in [-0.39, 0.29) is 12.4 Å². The normalized spacial score (nSPS) is 10.4. The molecule has 17 heavy (non-hydrogen) atoms. The number of imidazole rings is 1. The third-order valence-electron chi connectivity index (χ3n) is 2.60. The van der Waals surface area contributed by atoms with Gasteiger partial charge in [0.1, 0.15) is 0 Å². The summed E-state index contributed by atoms with van der Waals surface area (Å²) in [6.45, 7) is 0. The van der Waals surface area contributed by atoms with Crippen molar-refractivity contribution in [2.45, 2.75) is 0 Å². The highest BCUT2D eigenvalue weighted by atomic mass is 35.5. The molecule has 2 heterocycles. The number of nitrogens with one attached hydrogen (secondary N) is 1. The second-order valence-corrected chi connectivity index (χ2v) is 3.52. The Labute approximate surface area is 102 Å². The molecule has 0 aromatic carbocycles. The fourth-order valence-electron chi connectivity index (χ4n) is 1.65. The molecule has 0 unspecified atom stereocenters. The summed E-state index contributed by atoms with van der Waals surface area (Å²) in [7, 11) is 4.63. The van der Waals surface area contributed by atoms with Gasteiger partial charge in [0.15, 0.2) is 11.2 Å². The van der Waals surface area contributed by atoms with Gasteiger partial charge in [0.2, 0.25) is 5.95 Å². The quantitative estimate of drug-likeness (QED) is 0.489. The van der Waals surface area contributed by atoms with Crippen LogP contribution in [0.1, 0.15) is 0 Å². The van der Waals surface area contributed by atoms with Crippen LogP contribution in [0.3, 0.4) is 0 Å². The monoisotopic (exact) mass is 260 g/mol. The minimum absolute atomic E-state index is 0. The minimum atomic E-state index is -0.417. The molecule has 3 N–H and O–H groups in total. The van der Waals surface area contributed by atoms with E-state index in [2.05, 4.69) is 10.4 Å². The molecular weight excluding hydrogens is 248 g/mol. The Morgan fingerprint density at radius 3 is 2.24 bits per heavy atom. The molecule has 0 amide bonds. The van der Waals surface area contributed by atoms with Gasteiger partial charge in [-0.15, -0.1) is 12.4 Å². The molecule has 2 rings (SSSR count). The smallest absolute Gasteiger partial charge is 0.306 e. The van der Waals surface area contributed by atoms with Crippen LogP contribution in [0.25, 0.3) is 11.2 Å². The molecule has 0 saturated heterocycles. The van der Waals surface area contributed by atoms with Crippen LogP contribution in [0, 0.1) is 0 Å². The third-order valence-corrected chi connectivity index (χ3v) is 2.60. The molecule has 2 aromatic heterocycles. The van der Waals surface area contributed by atoms with Crippen LogP contribution in [0.15, 0.2) is 9.59 Å². The molecular formula is C8H13ClN6O2. The van der Waals surface area contributed by atoms with Gasteiger partial charge >= 0.3 is 5.69 Å². The number of fused-ring (bicyclic) bond motifs is 1. The van der Waals surface area contributed by atoms with Crippen LogP contribution < -0.4 is 22.5 Å². The predicted octanol–water partition coefficient (Wildman–Crippen LogP) is -1.32. The van der Waals surface area contributed by atoms with Crippen molar-refractivity contribution in [3.63, 3.8) is 0 Å². The van der Waals surface area contributed by atoms with E-state index in [1.807, 2.05) is 0 Å². The number of nitrogen functional groups attached to an aromatic ring is 1. The summed E-state index contributed by atoms with van der Waals surface area (Å²) in [5.74, 6) is 5.59. The Balaban J connectivity index is 0.00000144. The van der Waals surface area contributed by atoms with Crippen LogP contribution in [0.4, 0.5) is 5.95 Å². The molecule has 0 radical (unpaired) electrons. The number of anilines is 1. The summed E-state index contributed by atoms with van der Waals surface area (Å²) in [5, 5.41) is 0. The van der Waals surface area contributed by atoms with Gasteiger partial charge in [-0.25, -0.2) is 10.6 Å². The second-order valence-electron chi connectivity index (χ2n) is 3.52. The van der Waals surface area contributed by atoms with Crippen molar-refractivity contribution in [3.8, 4) is 0 Å². The first kappa shape index (κ1) is 13.3. The Kier molecular flexibility index (Phi) is 3.30. The van der Waals surface area contributed by atoms with Crippen LogP contribution in [-0.4, -0.2) is 18.7 Å². The van der Waals surface area contributed by atoms with Crippen molar-refractivity contribution < 1.29 is 0 Å². The molecule has 0 aliphatic rings. The standard InChI is InChI=1S/C8H12N6O2.ClH/c1-12-4-5(10-7(12)11-9)13(2)8(16)14(3)6(4)15;/h9H2,1-3H3,(H,10,11);1H. The number of nitrogens with two attached hydrogens (primary N) is 1. The number of halogens is 1. The van der Waals surface area contributed by atoms with E-state index in [0.29, 0.717) is 17.1 Å². The highest BCUT2D eigenvalue weighted by Gasteiger charge is 2.15. The number of aromatic nitrogens is 4. The minimum Gasteiger partial charge on any atom is -0.306 e. The van der Waals surface area contributed by atoms with E-state index in [4.69, 9.17) is 5.84 Å². The zero-order chi connectivity index (χ0) is 12.0. The van der Waals surface area contributed by atoms with Crippen LogP contribution >= 0.6 is 12.4 Å². The molecule has 0 saturated carbocycles. The van der Waals surface area contributed by atoms with Crippen molar-refractivity contribution in [1.82, 2.24) is 18.7 Å². The third kappa shape index (κ3) is 1.61. The molecule has 0 aliphatic carbocycles. The van der Waals surface area contributed by atoms with E-state index in [1.165, 1.54) is 16.2 Å². The fourth-order valence-corrected chi connectivity index (χ4v) is 1.65. The SMILES string of the molecule is Cl.Cn1c(=O)c2c(nc(NN)n2C)n(C)c1=O. The van der Waals surface area contributed by atoms with Gasteiger partial charge in [-0.3, -0.25) is 19.4 Å². The summed E-state index contributed by atoms with van der Waals surface area (Å²) in [6.07, 6.45) is 0. The van der Waals surface area contributed by atoms with Crippen LogP contribution in [0.2, 0.25) is 0 Å². The lowest BCUT2D eigenvalue weighted by Gasteiger charge is -2.03. The Hall–Kier alpha value is -1.80. The average Bonchev–Trinajstić information content (AvgIpc) is 2.61. The van der Waals surface area contributed by atoms with Crippen LogP contribution in [0.5, 0.6) is 0 Å². The zero-order valence-corrected chi connectivity index (χ0v) is 10.4. The highest BCUT2D eigenvalue weighted by molar-refractivity contribution is 5.85. The molecule has 2 aromatic rings. The number of aryl methyl sites for hydroxylation is 2. The highest BCUT2D eigenvalue weighted by Crippen LogP contribution is 2.11. The van der Waals surface area contributed by atoms with Gasteiger partial charge in [-0.05, 0) is 0 Å². The van der Waals surface area contributed by atoms with Gasteiger partial charge in [0.25, 0.3) is 5.56 Å². The first-order chi connectivity index (χ1) is 7.49. The summed E-state index contributed by atoms with van der Waals surface area (Å²) in [6, 6.07) is 0. The lowest BCUT2D eigenvalue weighted by atomic mass is 10.5. The molecule has 94 valence electrons. The Morgan fingerprint density at radius 1 is 1.12 bits per heavy atom. The fraction of sp³-hybridized carbons (Fsp3) is 0.375. The largest absolute Gasteiger partial charge is 0.332 e. The summed E-state index contributed by atoms with van der Waals surface area (Å²) in [5.41, 5.74) is 2.19. The molecule has 9 heteroatoms. The summed E-state index contributed by atoms with van der Waals surface area (Å²) in [4.78, 5) is 27.6. The maximum atomic E-state index is 11.9. The van der Waals surface area contributed by atoms with Crippen molar-refractivity contribution in [1.29, 1.82) is 0 Å². The lowest BCUT2D eigenvalue weighted by molar-refractivity contribution is 0.705. The second kappa shape index (κ2) is 4.22. The summed E-state index contributed by atoms with van der Waals surface area (Å²) < 4.78 is 3.85. The molecule has 0 bridgehead atoms. The Bertz CT molecular complexity index is 682. The van der Waals surface area contributed by atoms with Crippen molar-refractivity contribution in [2.75, 3.05) is 5.43 Å². The van der Waals surface area contributed by atoms with Crippen molar-refractivity contribution in [2.24, 2.45) is 27.0 Å². The van der Waals surface area contributed by atoms with Crippen molar-refractivity contribution >= 4 is 29.5 Å². The number of nitrogens with zero attached hydrogens (tertiary/aromatic N) is 4. The van der Waals surface area contributed by atoms with Gasteiger partial charge in [0.05, 0.1) is 0 Å². The van der Waals surface area contributed by atoms with E-state index in [0.717, 1.165) is 4.57 Å². The van der Waals surface area contributed by atoms with E-state index >= 15 is 0 Å². The van der Waals surface area contributed by atoms with E-state index in [9.17, 15) is 9.59 Å². The van der Waals surface area contributed by atoms with Gasteiger partial charge in [-0.2, -0.15) is 4.98 Å². The number of hydrogen-bond donors (Lipinski definition) is 2. The van der Waals surface area contributed by atoms with Crippen LogP contribution in [-0.2, 0) is 21.1 Å². The maximum Gasteiger partial charge on any atom is 0.332 e. The molecule has 0 atom stereocenters. The molecule has 8 nitrogen and oxygen atoms in total. The average molecular weight is 261 g/mol. The zero-order valence-electron chi connectivity index (χ0n) is 9.59. The first-order valence-electron chi connectivity index (χ1n) is 4.58. The van der Waals surface area contributed by atoms with Gasteiger partial charge in [-0.1, -0.05) is 0 Å². The molecule has 0 spiro atoms. The molecule has 0 fully saturated rings. The summed E-state index contributed by atoms with van der Waals surface area (Å²) >= 11 is 0.